The highest BCUT2D eigenvalue weighted by atomic mass is 16.5. The number of rotatable bonds is 16. The van der Waals surface area contributed by atoms with Crippen molar-refractivity contribution in [1.29, 1.82) is 0 Å². The molecule has 1 unspecified atom stereocenters. The van der Waals surface area contributed by atoms with Crippen molar-refractivity contribution >= 4 is 5.97 Å². The molecule has 1 N–H and O–H groups in total. The lowest BCUT2D eigenvalue weighted by Gasteiger charge is -2.19. The summed E-state index contributed by atoms with van der Waals surface area (Å²) in [6, 6.07) is 0. The Morgan fingerprint density at radius 3 is 2.04 bits per heavy atom. The van der Waals surface area contributed by atoms with Gasteiger partial charge in [-0.2, -0.15) is 0 Å². The molecule has 0 amide bonds. The van der Waals surface area contributed by atoms with Crippen LogP contribution in [0.5, 0.6) is 0 Å². The molecule has 25 heavy (non-hydrogen) atoms. The van der Waals surface area contributed by atoms with Crippen LogP contribution in [-0.4, -0.2) is 23.8 Å². The minimum atomic E-state index is -0.809. The molecular weight excluding hydrogens is 312 g/mol. The summed E-state index contributed by atoms with van der Waals surface area (Å²) in [5.74, 6) is 1.11. The maximum atomic E-state index is 11.1. The molecule has 1 saturated carbocycles. The van der Waals surface area contributed by atoms with E-state index in [1.165, 1.54) is 77.0 Å². The van der Waals surface area contributed by atoms with Crippen LogP contribution in [0.15, 0.2) is 0 Å². The second-order valence-electron chi connectivity index (χ2n) is 7.93. The molecule has 1 aliphatic carbocycles. The van der Waals surface area contributed by atoms with Gasteiger partial charge in [0.2, 0.25) is 0 Å². The van der Waals surface area contributed by atoms with Gasteiger partial charge < -0.3 is 9.84 Å². The summed E-state index contributed by atoms with van der Waals surface area (Å²) in [5.41, 5.74) is 0. The Morgan fingerprint density at radius 2 is 1.48 bits per heavy atom. The van der Waals surface area contributed by atoms with Gasteiger partial charge in [-0.3, -0.25) is 0 Å². The summed E-state index contributed by atoms with van der Waals surface area (Å²) in [6.07, 6.45) is 19.0. The first-order valence-corrected chi connectivity index (χ1v) is 11.0. The summed E-state index contributed by atoms with van der Waals surface area (Å²) in [5, 5.41) is 9.09. The molecule has 0 spiro atoms. The normalized spacial score (nSPS) is 21.5. The molecule has 0 aromatic rings. The standard InChI is InChI=1S/C22H42O3/c1-3-5-6-7-8-10-14-19-16-13-17-20(19)15-11-9-12-18-21(22(23)24)25-4-2/h19-21H,3-18H2,1-2H3,(H,23,24)/t19-,20-,21?/m0/s1. The average molecular weight is 355 g/mol. The molecule has 0 aromatic carbocycles. The van der Waals surface area contributed by atoms with Crippen LogP contribution in [-0.2, 0) is 9.53 Å². The first-order chi connectivity index (χ1) is 12.2. The van der Waals surface area contributed by atoms with Crippen molar-refractivity contribution in [2.45, 2.75) is 116 Å². The highest BCUT2D eigenvalue weighted by Crippen LogP contribution is 2.38. The Labute approximate surface area is 155 Å². The topological polar surface area (TPSA) is 46.5 Å². The van der Waals surface area contributed by atoms with E-state index in [1.54, 1.807) is 0 Å². The zero-order valence-corrected chi connectivity index (χ0v) is 16.8. The summed E-state index contributed by atoms with van der Waals surface area (Å²) in [4.78, 5) is 11.1. The summed E-state index contributed by atoms with van der Waals surface area (Å²) < 4.78 is 5.28. The van der Waals surface area contributed by atoms with Crippen LogP contribution >= 0.6 is 0 Å². The third-order valence-corrected chi connectivity index (χ3v) is 5.93. The van der Waals surface area contributed by atoms with Crippen LogP contribution in [0.4, 0.5) is 0 Å². The Bertz CT molecular complexity index is 329. The van der Waals surface area contributed by atoms with Gasteiger partial charge >= 0.3 is 5.97 Å². The number of hydrogen-bond acceptors (Lipinski definition) is 2. The minimum absolute atomic E-state index is 0.485. The second-order valence-corrected chi connectivity index (χ2v) is 7.93. The lowest BCUT2D eigenvalue weighted by atomic mass is 9.86. The van der Waals surface area contributed by atoms with Crippen molar-refractivity contribution in [2.75, 3.05) is 6.61 Å². The van der Waals surface area contributed by atoms with Crippen LogP contribution in [0.25, 0.3) is 0 Å². The molecule has 1 aliphatic rings. The zero-order valence-electron chi connectivity index (χ0n) is 16.8. The van der Waals surface area contributed by atoms with Crippen molar-refractivity contribution < 1.29 is 14.6 Å². The Morgan fingerprint density at radius 1 is 0.920 bits per heavy atom. The van der Waals surface area contributed by atoms with Crippen molar-refractivity contribution in [3.8, 4) is 0 Å². The number of hydrogen-bond donors (Lipinski definition) is 1. The molecule has 0 aromatic heterocycles. The van der Waals surface area contributed by atoms with Gasteiger partial charge in [-0.25, -0.2) is 4.79 Å². The lowest BCUT2D eigenvalue weighted by molar-refractivity contribution is -0.150. The summed E-state index contributed by atoms with van der Waals surface area (Å²) in [7, 11) is 0. The second kappa shape index (κ2) is 14.6. The maximum absolute atomic E-state index is 11.1. The van der Waals surface area contributed by atoms with Crippen molar-refractivity contribution in [2.24, 2.45) is 11.8 Å². The number of unbranched alkanes of at least 4 members (excludes halogenated alkanes) is 7. The molecule has 0 heterocycles. The van der Waals surface area contributed by atoms with Gasteiger partial charge in [0.15, 0.2) is 6.10 Å². The average Bonchev–Trinajstić information content (AvgIpc) is 3.04. The van der Waals surface area contributed by atoms with E-state index in [1.807, 2.05) is 6.92 Å². The molecule has 1 fully saturated rings. The third-order valence-electron chi connectivity index (χ3n) is 5.93. The smallest absolute Gasteiger partial charge is 0.332 e. The van der Waals surface area contributed by atoms with Crippen molar-refractivity contribution in [3.05, 3.63) is 0 Å². The number of carbonyl (C=O) groups is 1. The Kier molecular flexibility index (Phi) is 13.1. The van der Waals surface area contributed by atoms with E-state index in [0.717, 1.165) is 24.7 Å². The zero-order chi connectivity index (χ0) is 18.3. The summed E-state index contributed by atoms with van der Waals surface area (Å²) in [6.45, 7) is 4.63. The number of ether oxygens (including phenoxy) is 1. The molecule has 0 radical (unpaired) electrons. The van der Waals surface area contributed by atoms with Gasteiger partial charge in [0.1, 0.15) is 0 Å². The van der Waals surface area contributed by atoms with E-state index in [4.69, 9.17) is 9.84 Å². The molecule has 0 aliphatic heterocycles. The van der Waals surface area contributed by atoms with Crippen molar-refractivity contribution in [3.63, 3.8) is 0 Å². The van der Waals surface area contributed by atoms with Crippen molar-refractivity contribution in [1.82, 2.24) is 0 Å². The SMILES string of the molecule is CCCCCCCC[C@H]1CCC[C@@H]1CCCCCC(OCC)C(=O)O. The van der Waals surface area contributed by atoms with Gasteiger partial charge in [-0.15, -0.1) is 0 Å². The Hall–Kier alpha value is -0.570. The fourth-order valence-electron chi connectivity index (χ4n) is 4.45. The van der Waals surface area contributed by atoms with E-state index in [-0.39, 0.29) is 0 Å². The van der Waals surface area contributed by atoms with E-state index < -0.39 is 12.1 Å². The first kappa shape index (κ1) is 22.5. The minimum Gasteiger partial charge on any atom is -0.479 e. The van der Waals surface area contributed by atoms with Crippen LogP contribution in [0.2, 0.25) is 0 Å². The van der Waals surface area contributed by atoms with Gasteiger partial charge in [0.05, 0.1) is 0 Å². The largest absolute Gasteiger partial charge is 0.479 e. The fraction of sp³-hybridized carbons (Fsp3) is 0.955. The van der Waals surface area contributed by atoms with Crippen LogP contribution in [0.1, 0.15) is 110 Å². The fourth-order valence-corrected chi connectivity index (χ4v) is 4.45. The molecule has 0 saturated heterocycles. The van der Waals surface area contributed by atoms with E-state index in [2.05, 4.69) is 6.92 Å². The Balaban J connectivity index is 2.07. The molecule has 1 rings (SSSR count). The van der Waals surface area contributed by atoms with Crippen LogP contribution in [0, 0.1) is 11.8 Å². The molecule has 3 atom stereocenters. The van der Waals surface area contributed by atoms with E-state index >= 15 is 0 Å². The number of carboxylic acid groups (broad SMARTS) is 1. The first-order valence-electron chi connectivity index (χ1n) is 11.0. The molecule has 148 valence electrons. The number of carboxylic acids is 1. The highest BCUT2D eigenvalue weighted by molar-refractivity contribution is 5.72. The van der Waals surface area contributed by atoms with Crippen LogP contribution < -0.4 is 0 Å². The van der Waals surface area contributed by atoms with Crippen LogP contribution in [0.3, 0.4) is 0 Å². The van der Waals surface area contributed by atoms with Gasteiger partial charge in [-0.1, -0.05) is 96.8 Å². The van der Waals surface area contributed by atoms with Gasteiger partial charge in [0, 0.05) is 6.61 Å². The number of aliphatic carboxylic acids is 1. The van der Waals surface area contributed by atoms with E-state index in [9.17, 15) is 4.79 Å². The molecule has 3 nitrogen and oxygen atoms in total. The molecule has 3 heteroatoms. The van der Waals surface area contributed by atoms with Gasteiger partial charge in [-0.05, 0) is 25.2 Å². The molecule has 0 bridgehead atoms. The predicted molar refractivity (Wildman–Crippen MR) is 105 cm³/mol. The highest BCUT2D eigenvalue weighted by Gasteiger charge is 2.26. The maximum Gasteiger partial charge on any atom is 0.332 e. The monoisotopic (exact) mass is 354 g/mol. The quantitative estimate of drug-likeness (QED) is 0.318. The molecular formula is C22H42O3. The third kappa shape index (κ3) is 10.2. The van der Waals surface area contributed by atoms with Gasteiger partial charge in [0.25, 0.3) is 0 Å². The lowest BCUT2D eigenvalue weighted by Crippen LogP contribution is -2.23. The summed E-state index contributed by atoms with van der Waals surface area (Å²) >= 11 is 0. The predicted octanol–water partition coefficient (Wildman–Crippen LogP) is 6.59. The van der Waals surface area contributed by atoms with E-state index in [0.29, 0.717) is 13.0 Å².